The highest BCUT2D eigenvalue weighted by atomic mass is 79.9. The molecule has 1 amide bonds. The van der Waals surface area contributed by atoms with Crippen LogP contribution in [0.3, 0.4) is 0 Å². The Morgan fingerprint density at radius 2 is 2.14 bits per heavy atom. The number of pyridine rings is 1. The number of methoxy groups -OCH3 is 1. The first-order valence-corrected chi connectivity index (χ1v) is 7.73. The van der Waals surface area contributed by atoms with Gasteiger partial charge < -0.3 is 15.4 Å². The summed E-state index contributed by atoms with van der Waals surface area (Å²) in [4.78, 5) is 16.1. The minimum absolute atomic E-state index is 0.138. The zero-order valence-corrected chi connectivity index (χ0v) is 13.9. The Morgan fingerprint density at radius 3 is 2.91 bits per heavy atom. The first kappa shape index (κ1) is 16.5. The molecule has 0 atom stereocenters. The van der Waals surface area contributed by atoms with Crippen LogP contribution in [0.4, 0.5) is 11.4 Å². The Balaban J connectivity index is 1.98. The lowest BCUT2D eigenvalue weighted by Gasteiger charge is -2.09. The average Bonchev–Trinajstić information content (AvgIpc) is 2.52. The summed E-state index contributed by atoms with van der Waals surface area (Å²) in [5.41, 5.74) is 2.22. The van der Waals surface area contributed by atoms with Crippen LogP contribution in [0.2, 0.25) is 0 Å². The molecule has 6 heteroatoms. The molecule has 0 saturated carbocycles. The monoisotopic (exact) mass is 363 g/mol. The van der Waals surface area contributed by atoms with Crippen LogP contribution >= 0.6 is 15.9 Å². The summed E-state index contributed by atoms with van der Waals surface area (Å²) in [5.74, 6) is -0.138. The highest BCUT2D eigenvalue weighted by Gasteiger charge is 2.06. The number of hydrogen-bond donors (Lipinski definition) is 2. The summed E-state index contributed by atoms with van der Waals surface area (Å²) in [7, 11) is 1.64. The predicted octanol–water partition coefficient (Wildman–Crippen LogP) is 3.35. The summed E-state index contributed by atoms with van der Waals surface area (Å²) < 4.78 is 5.93. The van der Waals surface area contributed by atoms with Crippen molar-refractivity contribution in [3.05, 3.63) is 52.8 Å². The van der Waals surface area contributed by atoms with Gasteiger partial charge in [0.1, 0.15) is 0 Å². The normalized spacial score (nSPS) is 10.3. The molecule has 0 saturated heterocycles. The van der Waals surface area contributed by atoms with Gasteiger partial charge in [0.2, 0.25) is 0 Å². The van der Waals surface area contributed by atoms with E-state index in [1.807, 2.05) is 24.3 Å². The quantitative estimate of drug-likeness (QED) is 0.740. The maximum atomic E-state index is 12.0. The van der Waals surface area contributed by atoms with Crippen LogP contribution in [0.5, 0.6) is 0 Å². The van der Waals surface area contributed by atoms with Gasteiger partial charge in [0, 0.05) is 36.6 Å². The molecule has 1 aromatic heterocycles. The number of carbonyl (C=O) groups is 1. The molecule has 0 aliphatic carbocycles. The van der Waals surface area contributed by atoms with E-state index >= 15 is 0 Å². The Morgan fingerprint density at radius 1 is 1.27 bits per heavy atom. The van der Waals surface area contributed by atoms with Crippen LogP contribution in [0.15, 0.2) is 47.2 Å². The van der Waals surface area contributed by atoms with E-state index in [0.717, 1.165) is 22.3 Å². The van der Waals surface area contributed by atoms with Crippen molar-refractivity contribution in [2.45, 2.75) is 6.42 Å². The summed E-state index contributed by atoms with van der Waals surface area (Å²) >= 11 is 3.42. The topological polar surface area (TPSA) is 63.2 Å². The van der Waals surface area contributed by atoms with E-state index in [1.165, 1.54) is 0 Å². The number of benzene rings is 1. The van der Waals surface area contributed by atoms with Crippen molar-refractivity contribution in [2.75, 3.05) is 25.6 Å². The maximum Gasteiger partial charge on any atom is 0.252 e. The summed E-state index contributed by atoms with van der Waals surface area (Å²) in [6.45, 7) is 1.21. The third kappa shape index (κ3) is 5.13. The van der Waals surface area contributed by atoms with Crippen LogP contribution in [-0.2, 0) is 4.74 Å². The highest BCUT2D eigenvalue weighted by Crippen LogP contribution is 2.20. The maximum absolute atomic E-state index is 12.0. The number of amides is 1. The Hall–Kier alpha value is -1.92. The van der Waals surface area contributed by atoms with Gasteiger partial charge in [-0.05, 0) is 30.7 Å². The summed E-state index contributed by atoms with van der Waals surface area (Å²) in [5, 5.41) is 6.06. The minimum atomic E-state index is -0.138. The second kappa shape index (κ2) is 8.51. The predicted molar refractivity (Wildman–Crippen MR) is 90.5 cm³/mol. The largest absolute Gasteiger partial charge is 0.385 e. The van der Waals surface area contributed by atoms with Gasteiger partial charge in [0.15, 0.2) is 0 Å². The van der Waals surface area contributed by atoms with Crippen LogP contribution in [-0.4, -0.2) is 31.2 Å². The lowest BCUT2D eigenvalue weighted by atomic mass is 10.2. The lowest BCUT2D eigenvalue weighted by Crippen LogP contribution is -2.25. The smallest absolute Gasteiger partial charge is 0.252 e. The van der Waals surface area contributed by atoms with Gasteiger partial charge in [-0.2, -0.15) is 0 Å². The van der Waals surface area contributed by atoms with E-state index in [1.54, 1.807) is 25.6 Å². The van der Waals surface area contributed by atoms with E-state index in [2.05, 4.69) is 31.5 Å². The number of aromatic nitrogens is 1. The van der Waals surface area contributed by atoms with Crippen LogP contribution in [0.1, 0.15) is 16.8 Å². The van der Waals surface area contributed by atoms with E-state index in [-0.39, 0.29) is 5.91 Å². The SMILES string of the molecule is COCCCNC(=O)c1cncc(Nc2cccc(Br)c2)c1. The lowest BCUT2D eigenvalue weighted by molar-refractivity contribution is 0.0948. The fourth-order valence-electron chi connectivity index (χ4n) is 1.89. The van der Waals surface area contributed by atoms with E-state index in [0.29, 0.717) is 18.7 Å². The van der Waals surface area contributed by atoms with Gasteiger partial charge in [0.25, 0.3) is 5.91 Å². The highest BCUT2D eigenvalue weighted by molar-refractivity contribution is 9.10. The number of anilines is 2. The molecule has 0 unspecified atom stereocenters. The van der Waals surface area contributed by atoms with Gasteiger partial charge in [-0.1, -0.05) is 22.0 Å². The zero-order chi connectivity index (χ0) is 15.8. The molecule has 2 N–H and O–H groups in total. The second-order valence-electron chi connectivity index (χ2n) is 4.70. The molecule has 2 aromatic rings. The van der Waals surface area contributed by atoms with Gasteiger partial charge in [-0.25, -0.2) is 0 Å². The third-order valence-corrected chi connectivity index (χ3v) is 3.42. The van der Waals surface area contributed by atoms with Crippen molar-refractivity contribution >= 4 is 33.2 Å². The van der Waals surface area contributed by atoms with Crippen LogP contribution in [0.25, 0.3) is 0 Å². The number of hydrogen-bond acceptors (Lipinski definition) is 4. The number of ether oxygens (including phenoxy) is 1. The number of halogens is 1. The van der Waals surface area contributed by atoms with Gasteiger partial charge >= 0.3 is 0 Å². The van der Waals surface area contributed by atoms with E-state index in [4.69, 9.17) is 4.74 Å². The number of nitrogens with zero attached hydrogens (tertiary/aromatic N) is 1. The van der Waals surface area contributed by atoms with Crippen LogP contribution in [0, 0.1) is 0 Å². The van der Waals surface area contributed by atoms with Crippen molar-refractivity contribution in [3.63, 3.8) is 0 Å². The molecule has 0 radical (unpaired) electrons. The van der Waals surface area contributed by atoms with Crippen molar-refractivity contribution in [1.82, 2.24) is 10.3 Å². The molecule has 0 fully saturated rings. The van der Waals surface area contributed by atoms with E-state index < -0.39 is 0 Å². The molecule has 1 heterocycles. The molecule has 0 aliphatic rings. The fourth-order valence-corrected chi connectivity index (χ4v) is 2.29. The molecule has 22 heavy (non-hydrogen) atoms. The molecule has 5 nitrogen and oxygen atoms in total. The number of rotatable bonds is 7. The zero-order valence-electron chi connectivity index (χ0n) is 12.3. The second-order valence-corrected chi connectivity index (χ2v) is 5.62. The fraction of sp³-hybridized carbons (Fsp3) is 0.250. The summed E-state index contributed by atoms with van der Waals surface area (Å²) in [6, 6.07) is 9.57. The Kier molecular flexibility index (Phi) is 6.36. The van der Waals surface area contributed by atoms with Gasteiger partial charge in [-0.15, -0.1) is 0 Å². The minimum Gasteiger partial charge on any atom is -0.385 e. The van der Waals surface area contributed by atoms with Gasteiger partial charge in [-0.3, -0.25) is 9.78 Å². The first-order valence-electron chi connectivity index (χ1n) is 6.94. The Labute approximate surface area is 138 Å². The average molecular weight is 364 g/mol. The molecule has 2 rings (SSSR count). The standard InChI is InChI=1S/C16H18BrN3O2/c1-22-7-3-6-19-16(21)12-8-15(11-18-10-12)20-14-5-2-4-13(17)9-14/h2,4-5,8-11,20H,3,6-7H2,1H3,(H,19,21). The van der Waals surface area contributed by atoms with Gasteiger partial charge in [0.05, 0.1) is 17.4 Å². The molecule has 0 spiro atoms. The molecular weight excluding hydrogens is 346 g/mol. The van der Waals surface area contributed by atoms with Crippen molar-refractivity contribution in [2.24, 2.45) is 0 Å². The Bertz CT molecular complexity index is 634. The molecule has 0 bridgehead atoms. The third-order valence-electron chi connectivity index (χ3n) is 2.92. The number of nitrogens with one attached hydrogen (secondary N) is 2. The van der Waals surface area contributed by atoms with Crippen molar-refractivity contribution in [1.29, 1.82) is 0 Å². The van der Waals surface area contributed by atoms with Crippen LogP contribution < -0.4 is 10.6 Å². The first-order chi connectivity index (χ1) is 10.7. The van der Waals surface area contributed by atoms with Crippen molar-refractivity contribution < 1.29 is 9.53 Å². The van der Waals surface area contributed by atoms with Crippen molar-refractivity contribution in [3.8, 4) is 0 Å². The number of carbonyl (C=O) groups excluding carboxylic acids is 1. The molecule has 1 aromatic carbocycles. The van der Waals surface area contributed by atoms with E-state index in [9.17, 15) is 4.79 Å². The summed E-state index contributed by atoms with van der Waals surface area (Å²) in [6.07, 6.45) is 4.02. The molecule has 0 aliphatic heterocycles. The molecule has 116 valence electrons. The molecular formula is C16H18BrN3O2.